The molecule has 0 spiro atoms. The molecule has 1 unspecified atom stereocenters. The summed E-state index contributed by atoms with van der Waals surface area (Å²) in [7, 11) is 1.73. The van der Waals surface area contributed by atoms with E-state index in [0.717, 1.165) is 17.3 Å². The zero-order valence-electron chi connectivity index (χ0n) is 18.1. The molecule has 0 fully saturated rings. The topological polar surface area (TPSA) is 149 Å². The van der Waals surface area contributed by atoms with Gasteiger partial charge in [-0.25, -0.2) is 4.98 Å². The van der Waals surface area contributed by atoms with Crippen molar-refractivity contribution in [3.05, 3.63) is 84.1 Å². The molecule has 0 aliphatic carbocycles. The van der Waals surface area contributed by atoms with Crippen LogP contribution in [-0.4, -0.2) is 38.4 Å². The normalized spacial score (nSPS) is 12.1. The zero-order valence-corrected chi connectivity index (χ0v) is 18.9. The van der Waals surface area contributed by atoms with Crippen molar-refractivity contribution in [2.45, 2.75) is 5.03 Å². The van der Waals surface area contributed by atoms with E-state index in [1.54, 1.807) is 42.0 Å². The number of imidazole rings is 1. The molecule has 0 saturated heterocycles. The Hall–Kier alpha value is -4.46. The lowest BCUT2D eigenvalue weighted by Crippen LogP contribution is -2.17. The molecule has 0 radical (unpaired) electrons. The third-order valence-corrected chi connectivity index (χ3v) is 6.12. The number of nitriles is 1. The van der Waals surface area contributed by atoms with Crippen molar-refractivity contribution in [1.82, 2.24) is 19.7 Å². The van der Waals surface area contributed by atoms with Crippen molar-refractivity contribution in [3.8, 4) is 17.2 Å². The van der Waals surface area contributed by atoms with Crippen molar-refractivity contribution in [1.29, 1.82) is 16.1 Å². The summed E-state index contributed by atoms with van der Waals surface area (Å²) >= 11 is -1.72. The SMILES string of the molecule is CN/C=C(\C=N)c1cnc(C=N)c(N[S+]([O-])c2cnc3ccc(-c4cccc(C#N)c4)cn23)c1. The molecular formula is C24H20N8OS. The van der Waals surface area contributed by atoms with Crippen molar-refractivity contribution < 1.29 is 4.55 Å². The second-order valence-corrected chi connectivity index (χ2v) is 8.30. The monoisotopic (exact) mass is 468 g/mol. The summed E-state index contributed by atoms with van der Waals surface area (Å²) in [6.45, 7) is 0. The van der Waals surface area contributed by atoms with Crippen LogP contribution in [0, 0.1) is 22.1 Å². The maximum Gasteiger partial charge on any atom is 0.276 e. The van der Waals surface area contributed by atoms with Crippen LogP contribution in [-0.2, 0) is 11.4 Å². The first-order valence-electron chi connectivity index (χ1n) is 10.1. The third-order valence-electron chi connectivity index (χ3n) is 5.03. The number of benzene rings is 1. The molecule has 3 heterocycles. The van der Waals surface area contributed by atoms with Crippen LogP contribution in [0.25, 0.3) is 22.3 Å². The van der Waals surface area contributed by atoms with Crippen LogP contribution in [0.2, 0.25) is 0 Å². The summed E-state index contributed by atoms with van der Waals surface area (Å²) in [5.41, 5.74) is 4.79. The van der Waals surface area contributed by atoms with Gasteiger partial charge in [-0.15, -0.1) is 0 Å². The van der Waals surface area contributed by atoms with Crippen LogP contribution in [0.5, 0.6) is 0 Å². The van der Waals surface area contributed by atoms with E-state index in [2.05, 4.69) is 26.1 Å². The Labute approximate surface area is 199 Å². The number of allylic oxidation sites excluding steroid dienone is 1. The average molecular weight is 469 g/mol. The third kappa shape index (κ3) is 4.52. The first-order valence-corrected chi connectivity index (χ1v) is 11.3. The van der Waals surface area contributed by atoms with Gasteiger partial charge in [0.25, 0.3) is 5.03 Å². The van der Waals surface area contributed by atoms with Gasteiger partial charge in [-0.3, -0.25) is 9.38 Å². The van der Waals surface area contributed by atoms with Crippen LogP contribution in [0.4, 0.5) is 5.69 Å². The number of fused-ring (bicyclic) bond motifs is 1. The van der Waals surface area contributed by atoms with Gasteiger partial charge in [0.2, 0.25) is 0 Å². The minimum absolute atomic E-state index is 0.314. The minimum Gasteiger partial charge on any atom is -0.587 e. The highest BCUT2D eigenvalue weighted by Crippen LogP contribution is 2.25. The summed E-state index contributed by atoms with van der Waals surface area (Å²) in [6, 6.07) is 14.8. The fourth-order valence-corrected chi connectivity index (χ4v) is 4.32. The number of nitrogens with one attached hydrogen (secondary N) is 4. The molecule has 1 aromatic carbocycles. The van der Waals surface area contributed by atoms with Crippen LogP contribution < -0.4 is 10.0 Å². The molecule has 0 aliphatic rings. The molecule has 0 amide bonds. The molecule has 10 heteroatoms. The van der Waals surface area contributed by atoms with E-state index in [-0.39, 0.29) is 0 Å². The maximum absolute atomic E-state index is 13.3. The van der Waals surface area contributed by atoms with E-state index < -0.39 is 11.4 Å². The molecule has 0 aliphatic heterocycles. The summed E-state index contributed by atoms with van der Waals surface area (Å²) in [5, 5.41) is 27.8. The number of aromatic nitrogens is 3. The minimum atomic E-state index is -1.72. The van der Waals surface area contributed by atoms with E-state index >= 15 is 0 Å². The Morgan fingerprint density at radius 1 is 1.15 bits per heavy atom. The van der Waals surface area contributed by atoms with Crippen LogP contribution in [0.1, 0.15) is 16.8 Å². The molecule has 1 atom stereocenters. The predicted octanol–water partition coefficient (Wildman–Crippen LogP) is 3.61. The van der Waals surface area contributed by atoms with Gasteiger partial charge in [-0.1, -0.05) is 12.1 Å². The Kier molecular flexibility index (Phi) is 6.68. The second-order valence-electron chi connectivity index (χ2n) is 7.14. The lowest BCUT2D eigenvalue weighted by molar-refractivity contribution is 0.595. The maximum atomic E-state index is 13.3. The largest absolute Gasteiger partial charge is 0.587 e. The van der Waals surface area contributed by atoms with E-state index in [0.29, 0.717) is 38.8 Å². The second kappa shape index (κ2) is 9.99. The van der Waals surface area contributed by atoms with Gasteiger partial charge in [-0.05, 0) is 41.5 Å². The van der Waals surface area contributed by atoms with E-state index in [1.165, 1.54) is 12.4 Å². The number of anilines is 1. The van der Waals surface area contributed by atoms with Gasteiger partial charge in [0.1, 0.15) is 34.6 Å². The molecule has 0 saturated carbocycles. The number of hydrogen-bond donors (Lipinski definition) is 4. The summed E-state index contributed by atoms with van der Waals surface area (Å²) in [4.78, 5) is 8.60. The average Bonchev–Trinajstić information content (AvgIpc) is 3.30. The highest BCUT2D eigenvalue weighted by Gasteiger charge is 2.20. The Morgan fingerprint density at radius 3 is 2.74 bits per heavy atom. The molecule has 9 nitrogen and oxygen atoms in total. The fraction of sp³-hybridized carbons (Fsp3) is 0.0417. The summed E-state index contributed by atoms with van der Waals surface area (Å²) in [5.74, 6) is 0. The van der Waals surface area contributed by atoms with Crippen LogP contribution in [0.15, 0.2) is 72.3 Å². The van der Waals surface area contributed by atoms with Gasteiger partial charge in [-0.2, -0.15) is 9.98 Å². The molecule has 34 heavy (non-hydrogen) atoms. The van der Waals surface area contributed by atoms with Crippen molar-refractivity contribution >= 4 is 40.7 Å². The van der Waals surface area contributed by atoms with E-state index in [9.17, 15) is 9.81 Å². The zero-order chi connectivity index (χ0) is 24.1. The van der Waals surface area contributed by atoms with Crippen molar-refractivity contribution in [3.63, 3.8) is 0 Å². The van der Waals surface area contributed by atoms with Crippen molar-refractivity contribution in [2.24, 2.45) is 0 Å². The first kappa shape index (κ1) is 22.7. The highest BCUT2D eigenvalue weighted by atomic mass is 32.2. The number of nitrogens with zero attached hydrogens (tertiary/aromatic N) is 4. The van der Waals surface area contributed by atoms with Crippen LogP contribution in [0.3, 0.4) is 0 Å². The van der Waals surface area contributed by atoms with Gasteiger partial charge >= 0.3 is 0 Å². The molecule has 0 bridgehead atoms. The smallest absolute Gasteiger partial charge is 0.276 e. The molecule has 4 rings (SSSR count). The Bertz CT molecular complexity index is 1450. The Morgan fingerprint density at radius 2 is 2.00 bits per heavy atom. The lowest BCUT2D eigenvalue weighted by Gasteiger charge is -2.14. The molecule has 4 N–H and O–H groups in total. The first-order chi connectivity index (χ1) is 16.6. The van der Waals surface area contributed by atoms with Crippen molar-refractivity contribution in [2.75, 3.05) is 11.8 Å². The molecule has 4 aromatic rings. The van der Waals surface area contributed by atoms with Gasteiger partial charge in [0, 0.05) is 49.2 Å². The summed E-state index contributed by atoms with van der Waals surface area (Å²) < 4.78 is 18.0. The molecule has 3 aromatic heterocycles. The number of pyridine rings is 2. The van der Waals surface area contributed by atoms with Crippen LogP contribution >= 0.6 is 0 Å². The standard InChI is InChI=1S/C24H20N8OS/c1-28-12-20(10-26)19-8-21(22(11-27)29-13-19)31-34(33)24-14-30-23-6-5-18(15-32(23)24)17-4-2-3-16(7-17)9-25/h2-8,10-15,26-28,31H,1H3/b20-12+,26-10?,27-11?. The summed E-state index contributed by atoms with van der Waals surface area (Å²) in [6.07, 6.45) is 8.82. The fourth-order valence-electron chi connectivity index (χ4n) is 3.38. The van der Waals surface area contributed by atoms with Gasteiger partial charge < -0.3 is 20.7 Å². The number of hydrogen-bond acceptors (Lipinski definition) is 8. The van der Waals surface area contributed by atoms with Gasteiger partial charge in [0.05, 0.1) is 11.6 Å². The quantitative estimate of drug-likeness (QED) is 0.229. The molecule has 168 valence electrons. The Balaban J connectivity index is 1.70. The van der Waals surface area contributed by atoms with E-state index in [4.69, 9.17) is 10.8 Å². The lowest BCUT2D eigenvalue weighted by atomic mass is 10.1. The van der Waals surface area contributed by atoms with Gasteiger partial charge in [0.15, 0.2) is 0 Å². The highest BCUT2D eigenvalue weighted by molar-refractivity contribution is 7.92. The predicted molar refractivity (Wildman–Crippen MR) is 133 cm³/mol. The van der Waals surface area contributed by atoms with E-state index in [1.807, 2.05) is 30.5 Å². The number of rotatable bonds is 8. The molecular weight excluding hydrogens is 448 g/mol.